The third kappa shape index (κ3) is 10.1. The predicted molar refractivity (Wildman–Crippen MR) is 102 cm³/mol. The molecule has 5 N–H and O–H groups in total. The highest BCUT2D eigenvalue weighted by molar-refractivity contribution is 7.98. The van der Waals surface area contributed by atoms with Gasteiger partial charge in [-0.25, -0.2) is 4.79 Å². The number of nitrogens with two attached hydrogens (primary N) is 1. The molecule has 4 amide bonds. The fraction of sp³-hybridized carbons (Fsp3) is 0.412. The summed E-state index contributed by atoms with van der Waals surface area (Å²) in [4.78, 5) is 46.3. The van der Waals surface area contributed by atoms with Crippen LogP contribution in [0.5, 0.6) is 0 Å². The van der Waals surface area contributed by atoms with Gasteiger partial charge in [0.25, 0.3) is 0 Å². The lowest BCUT2D eigenvalue weighted by atomic mass is 10.2. The molecule has 0 aliphatic rings. The number of thioether (sulfide) groups is 1. The lowest BCUT2D eigenvalue weighted by molar-refractivity contribution is -0.128. The zero-order valence-corrected chi connectivity index (χ0v) is 15.8. The van der Waals surface area contributed by atoms with Crippen molar-refractivity contribution in [1.82, 2.24) is 16.0 Å². The maximum Gasteiger partial charge on any atom is 0.408 e. The van der Waals surface area contributed by atoms with Gasteiger partial charge in [-0.1, -0.05) is 30.3 Å². The Morgan fingerprint density at radius 1 is 1.11 bits per heavy atom. The number of carbonyl (C=O) groups is 4. The molecule has 0 radical (unpaired) electrons. The molecule has 1 rings (SSSR count). The quantitative estimate of drug-likeness (QED) is 0.407. The van der Waals surface area contributed by atoms with Gasteiger partial charge in [-0.3, -0.25) is 14.4 Å². The molecule has 0 fully saturated rings. The molecule has 9 nitrogen and oxygen atoms in total. The van der Waals surface area contributed by atoms with E-state index in [1.54, 1.807) is 0 Å². The van der Waals surface area contributed by atoms with Crippen molar-refractivity contribution < 1.29 is 23.9 Å². The Morgan fingerprint density at radius 2 is 1.81 bits per heavy atom. The van der Waals surface area contributed by atoms with Crippen LogP contribution >= 0.6 is 11.8 Å². The van der Waals surface area contributed by atoms with Gasteiger partial charge in [0.05, 0.1) is 13.1 Å². The number of carbonyl (C=O) groups excluding carboxylic acids is 4. The summed E-state index contributed by atoms with van der Waals surface area (Å²) in [5.41, 5.74) is 5.74. The number of primary amides is 1. The highest BCUT2D eigenvalue weighted by Crippen LogP contribution is 2.04. The van der Waals surface area contributed by atoms with Crippen LogP contribution in [0, 0.1) is 0 Å². The first-order valence-corrected chi connectivity index (χ1v) is 9.60. The molecule has 0 saturated carbocycles. The summed E-state index contributed by atoms with van der Waals surface area (Å²) in [6.45, 7) is -0.559. The number of hydrogen-bond donors (Lipinski definition) is 4. The number of ether oxygens (including phenoxy) is 1. The molecule has 0 heterocycles. The first-order chi connectivity index (χ1) is 12.9. The van der Waals surface area contributed by atoms with Crippen molar-refractivity contribution in [2.75, 3.05) is 25.1 Å². The number of benzene rings is 1. The van der Waals surface area contributed by atoms with Gasteiger partial charge >= 0.3 is 6.09 Å². The molecule has 0 saturated heterocycles. The second-order valence-corrected chi connectivity index (χ2v) is 6.49. The summed E-state index contributed by atoms with van der Waals surface area (Å²) in [6, 6.07) is 8.30. The number of hydrogen-bond acceptors (Lipinski definition) is 6. The molecule has 10 heteroatoms. The van der Waals surface area contributed by atoms with Gasteiger partial charge in [0, 0.05) is 0 Å². The number of rotatable bonds is 11. The van der Waals surface area contributed by atoms with Gasteiger partial charge in [0.1, 0.15) is 12.6 Å². The molecular weight excluding hydrogens is 372 g/mol. The van der Waals surface area contributed by atoms with E-state index in [2.05, 4.69) is 16.0 Å². The van der Waals surface area contributed by atoms with Gasteiger partial charge in [0.2, 0.25) is 17.7 Å². The third-order valence-electron chi connectivity index (χ3n) is 3.31. The van der Waals surface area contributed by atoms with Crippen molar-refractivity contribution in [1.29, 1.82) is 0 Å². The Kier molecular flexibility index (Phi) is 10.4. The van der Waals surface area contributed by atoms with Gasteiger partial charge in [-0.2, -0.15) is 11.8 Å². The van der Waals surface area contributed by atoms with Crippen molar-refractivity contribution in [3.63, 3.8) is 0 Å². The highest BCUT2D eigenvalue weighted by atomic mass is 32.2. The van der Waals surface area contributed by atoms with Crippen LogP contribution in [0.25, 0.3) is 0 Å². The molecule has 0 bridgehead atoms. The van der Waals surface area contributed by atoms with Crippen molar-refractivity contribution in [2.45, 2.75) is 19.1 Å². The highest BCUT2D eigenvalue weighted by Gasteiger charge is 2.21. The van der Waals surface area contributed by atoms with E-state index in [1.165, 1.54) is 11.8 Å². The zero-order chi connectivity index (χ0) is 20.1. The molecule has 0 unspecified atom stereocenters. The minimum absolute atomic E-state index is 0.0824. The molecule has 1 atom stereocenters. The van der Waals surface area contributed by atoms with Crippen LogP contribution in [-0.2, 0) is 25.7 Å². The second-order valence-electron chi connectivity index (χ2n) is 5.50. The molecule has 1 aromatic carbocycles. The van der Waals surface area contributed by atoms with Crippen LogP contribution in [0.3, 0.4) is 0 Å². The number of nitrogens with one attached hydrogen (secondary N) is 3. The van der Waals surface area contributed by atoms with Gasteiger partial charge in [-0.05, 0) is 24.0 Å². The molecule has 0 aromatic heterocycles. The lowest BCUT2D eigenvalue weighted by Crippen LogP contribution is -2.49. The molecule has 27 heavy (non-hydrogen) atoms. The van der Waals surface area contributed by atoms with Crippen molar-refractivity contribution in [2.24, 2.45) is 5.73 Å². The van der Waals surface area contributed by atoms with Crippen molar-refractivity contribution >= 4 is 35.6 Å². The van der Waals surface area contributed by atoms with Crippen LogP contribution in [0.2, 0.25) is 0 Å². The molecule has 1 aromatic rings. The Morgan fingerprint density at radius 3 is 2.44 bits per heavy atom. The summed E-state index contributed by atoms with van der Waals surface area (Å²) in [5, 5.41) is 7.17. The van der Waals surface area contributed by atoms with E-state index in [0.29, 0.717) is 12.2 Å². The van der Waals surface area contributed by atoms with Crippen LogP contribution in [0.15, 0.2) is 30.3 Å². The van der Waals surface area contributed by atoms with Crippen LogP contribution in [0.4, 0.5) is 4.79 Å². The van der Waals surface area contributed by atoms with E-state index in [4.69, 9.17) is 10.5 Å². The Hall–Kier alpha value is -2.75. The van der Waals surface area contributed by atoms with E-state index in [9.17, 15) is 19.2 Å². The fourth-order valence-corrected chi connectivity index (χ4v) is 2.42. The Labute approximate surface area is 161 Å². The van der Waals surface area contributed by atoms with E-state index < -0.39 is 29.9 Å². The molecular formula is C17H24N4O5S. The smallest absolute Gasteiger partial charge is 0.408 e. The van der Waals surface area contributed by atoms with E-state index in [1.807, 2.05) is 36.6 Å². The maximum absolute atomic E-state index is 12.2. The topological polar surface area (TPSA) is 140 Å². The Bertz CT molecular complexity index is 641. The monoisotopic (exact) mass is 396 g/mol. The maximum atomic E-state index is 12.2. The fourth-order valence-electron chi connectivity index (χ4n) is 1.95. The summed E-state index contributed by atoms with van der Waals surface area (Å²) in [6.07, 6.45) is 1.52. The van der Waals surface area contributed by atoms with Gasteiger partial charge < -0.3 is 26.4 Å². The predicted octanol–water partition coefficient (Wildman–Crippen LogP) is -0.248. The minimum Gasteiger partial charge on any atom is -0.445 e. The van der Waals surface area contributed by atoms with Crippen LogP contribution < -0.4 is 21.7 Å². The first-order valence-electron chi connectivity index (χ1n) is 8.21. The second kappa shape index (κ2) is 12.6. The lowest BCUT2D eigenvalue weighted by Gasteiger charge is -2.18. The number of amides is 4. The summed E-state index contributed by atoms with van der Waals surface area (Å²) in [5.74, 6) is -1.13. The molecule has 0 aliphatic heterocycles. The summed E-state index contributed by atoms with van der Waals surface area (Å²) < 4.78 is 5.11. The van der Waals surface area contributed by atoms with Crippen molar-refractivity contribution in [3.8, 4) is 0 Å². The normalized spacial score (nSPS) is 11.1. The average molecular weight is 396 g/mol. The van der Waals surface area contributed by atoms with Gasteiger partial charge in [0.15, 0.2) is 0 Å². The average Bonchev–Trinajstić information content (AvgIpc) is 2.66. The Balaban J connectivity index is 2.47. The van der Waals surface area contributed by atoms with E-state index in [-0.39, 0.29) is 19.7 Å². The summed E-state index contributed by atoms with van der Waals surface area (Å²) >= 11 is 1.52. The molecule has 148 valence electrons. The SMILES string of the molecule is CSCC[C@H](NC(=O)OCc1ccccc1)C(=O)NCC(=O)NCC(N)=O. The zero-order valence-electron chi connectivity index (χ0n) is 15.0. The van der Waals surface area contributed by atoms with Crippen LogP contribution in [-0.4, -0.2) is 55.0 Å². The first kappa shape index (κ1) is 22.3. The molecule has 0 aliphatic carbocycles. The van der Waals surface area contributed by atoms with Crippen LogP contribution in [0.1, 0.15) is 12.0 Å². The molecule has 0 spiro atoms. The van der Waals surface area contributed by atoms with Gasteiger partial charge in [-0.15, -0.1) is 0 Å². The van der Waals surface area contributed by atoms with E-state index in [0.717, 1.165) is 5.56 Å². The minimum atomic E-state index is -0.843. The third-order valence-corrected chi connectivity index (χ3v) is 3.96. The number of alkyl carbamates (subject to hydrolysis) is 1. The summed E-state index contributed by atoms with van der Waals surface area (Å²) in [7, 11) is 0. The van der Waals surface area contributed by atoms with Crippen molar-refractivity contribution in [3.05, 3.63) is 35.9 Å². The largest absolute Gasteiger partial charge is 0.445 e. The standard InChI is InChI=1S/C17H24N4O5S/c1-27-8-7-13(16(24)20-10-15(23)19-9-14(18)22)21-17(25)26-11-12-5-3-2-4-6-12/h2-6,13H,7-11H2,1H3,(H2,18,22)(H,19,23)(H,20,24)(H,21,25)/t13-/m0/s1. The van der Waals surface area contributed by atoms with E-state index >= 15 is 0 Å².